The molecule has 1 aliphatic rings. The van der Waals surface area contributed by atoms with E-state index in [1.165, 1.54) is 6.42 Å². The first-order chi connectivity index (χ1) is 10.1. The van der Waals surface area contributed by atoms with Gasteiger partial charge in [0.1, 0.15) is 5.82 Å². The lowest BCUT2D eigenvalue weighted by Crippen LogP contribution is -2.45. The smallest absolute Gasteiger partial charge is 0.269 e. The number of hydrazine groups is 1. The van der Waals surface area contributed by atoms with Gasteiger partial charge in [-0.2, -0.15) is 0 Å². The van der Waals surface area contributed by atoms with Crippen molar-refractivity contribution >= 4 is 34.2 Å². The number of rotatable bonds is 2. The maximum atomic E-state index is 12.4. The van der Waals surface area contributed by atoms with Crippen LogP contribution in [0.2, 0.25) is 5.02 Å². The maximum Gasteiger partial charge on any atom is 0.269 e. The standard InChI is InChI=1S/C15H17ClN4O/c16-11-4-5-13-10(8-11)9-12(14(17)18-13)15(21)19-20-6-2-1-3-7-20/h4-5,8-9H,1-3,6-7H2,(H2,17,18)(H,19,21). The molecule has 110 valence electrons. The molecule has 1 fully saturated rings. The zero-order valence-electron chi connectivity index (χ0n) is 11.6. The van der Waals surface area contributed by atoms with Crippen molar-refractivity contribution in [3.05, 3.63) is 34.9 Å². The second-order valence-corrected chi connectivity index (χ2v) is 5.68. The van der Waals surface area contributed by atoms with E-state index >= 15 is 0 Å². The SMILES string of the molecule is Nc1nc2ccc(Cl)cc2cc1C(=O)NN1CCCCC1. The van der Waals surface area contributed by atoms with Crippen LogP contribution in [0.25, 0.3) is 10.9 Å². The van der Waals surface area contributed by atoms with Gasteiger partial charge in [-0.3, -0.25) is 10.2 Å². The van der Waals surface area contributed by atoms with E-state index in [9.17, 15) is 4.79 Å². The number of hydrogen-bond donors (Lipinski definition) is 2. The van der Waals surface area contributed by atoms with E-state index in [4.69, 9.17) is 17.3 Å². The van der Waals surface area contributed by atoms with Crippen molar-refractivity contribution in [3.63, 3.8) is 0 Å². The maximum absolute atomic E-state index is 12.4. The van der Waals surface area contributed by atoms with E-state index in [2.05, 4.69) is 10.4 Å². The van der Waals surface area contributed by atoms with Crippen LogP contribution >= 0.6 is 11.6 Å². The first-order valence-electron chi connectivity index (χ1n) is 7.05. The molecule has 1 aromatic heterocycles. The Morgan fingerprint density at radius 2 is 2.00 bits per heavy atom. The summed E-state index contributed by atoms with van der Waals surface area (Å²) in [6.45, 7) is 1.75. The number of fused-ring (bicyclic) bond motifs is 1. The Morgan fingerprint density at radius 3 is 2.76 bits per heavy atom. The number of benzene rings is 1. The number of anilines is 1. The molecule has 1 aliphatic heterocycles. The quantitative estimate of drug-likeness (QED) is 0.894. The van der Waals surface area contributed by atoms with Crippen LogP contribution in [-0.2, 0) is 0 Å². The van der Waals surface area contributed by atoms with E-state index < -0.39 is 0 Å². The molecule has 0 bridgehead atoms. The lowest BCUT2D eigenvalue weighted by Gasteiger charge is -2.26. The third kappa shape index (κ3) is 3.09. The molecule has 2 aromatic rings. The number of halogens is 1. The van der Waals surface area contributed by atoms with Gasteiger partial charge in [0.15, 0.2) is 0 Å². The van der Waals surface area contributed by atoms with Crippen molar-refractivity contribution in [2.24, 2.45) is 0 Å². The summed E-state index contributed by atoms with van der Waals surface area (Å²) >= 11 is 5.98. The topological polar surface area (TPSA) is 71.2 Å². The summed E-state index contributed by atoms with van der Waals surface area (Å²) in [5.41, 5.74) is 9.92. The fourth-order valence-electron chi connectivity index (χ4n) is 2.55. The van der Waals surface area contributed by atoms with E-state index in [-0.39, 0.29) is 11.7 Å². The number of amides is 1. The van der Waals surface area contributed by atoms with Crippen LogP contribution in [-0.4, -0.2) is 29.0 Å². The Bertz CT molecular complexity index is 683. The van der Waals surface area contributed by atoms with E-state index in [0.717, 1.165) is 36.8 Å². The van der Waals surface area contributed by atoms with Gasteiger partial charge in [0.05, 0.1) is 11.1 Å². The van der Waals surface area contributed by atoms with Crippen molar-refractivity contribution in [3.8, 4) is 0 Å². The number of nitrogens with two attached hydrogens (primary N) is 1. The zero-order valence-corrected chi connectivity index (χ0v) is 12.4. The summed E-state index contributed by atoms with van der Waals surface area (Å²) in [5.74, 6) is 0.0168. The second-order valence-electron chi connectivity index (χ2n) is 5.25. The first kappa shape index (κ1) is 14.1. The minimum atomic E-state index is -0.219. The Hall–Kier alpha value is -1.85. The molecule has 0 atom stereocenters. The van der Waals surface area contributed by atoms with Gasteiger partial charge in [0.2, 0.25) is 0 Å². The molecule has 2 heterocycles. The minimum Gasteiger partial charge on any atom is -0.383 e. The molecule has 0 spiro atoms. The van der Waals surface area contributed by atoms with Crippen LogP contribution in [0.3, 0.4) is 0 Å². The van der Waals surface area contributed by atoms with Gasteiger partial charge in [-0.25, -0.2) is 9.99 Å². The average Bonchev–Trinajstić information content (AvgIpc) is 2.48. The molecule has 0 saturated carbocycles. The van der Waals surface area contributed by atoms with E-state index in [1.807, 2.05) is 5.01 Å². The van der Waals surface area contributed by atoms with Crippen LogP contribution < -0.4 is 11.2 Å². The molecule has 21 heavy (non-hydrogen) atoms. The van der Waals surface area contributed by atoms with Crippen molar-refractivity contribution in [2.75, 3.05) is 18.8 Å². The third-order valence-electron chi connectivity index (χ3n) is 3.67. The fourth-order valence-corrected chi connectivity index (χ4v) is 2.73. The molecular formula is C15H17ClN4O. The largest absolute Gasteiger partial charge is 0.383 e. The predicted molar refractivity (Wildman–Crippen MR) is 84.1 cm³/mol. The van der Waals surface area contributed by atoms with Crippen molar-refractivity contribution in [2.45, 2.75) is 19.3 Å². The summed E-state index contributed by atoms with van der Waals surface area (Å²) in [7, 11) is 0. The molecule has 6 heteroatoms. The zero-order chi connectivity index (χ0) is 14.8. The Labute approximate surface area is 128 Å². The fraction of sp³-hybridized carbons (Fsp3) is 0.333. The summed E-state index contributed by atoms with van der Waals surface area (Å²) in [5, 5.41) is 3.35. The molecule has 1 aromatic carbocycles. The highest BCUT2D eigenvalue weighted by molar-refractivity contribution is 6.31. The summed E-state index contributed by atoms with van der Waals surface area (Å²) in [6, 6.07) is 7.06. The number of nitrogen functional groups attached to an aromatic ring is 1. The number of carbonyl (C=O) groups excluding carboxylic acids is 1. The van der Waals surface area contributed by atoms with Crippen LogP contribution in [0.15, 0.2) is 24.3 Å². The highest BCUT2D eigenvalue weighted by Crippen LogP contribution is 2.22. The van der Waals surface area contributed by atoms with Gasteiger partial charge in [-0.05, 0) is 37.1 Å². The molecule has 0 aliphatic carbocycles. The number of aromatic nitrogens is 1. The lowest BCUT2D eigenvalue weighted by atomic mass is 10.1. The van der Waals surface area contributed by atoms with Gasteiger partial charge in [-0.1, -0.05) is 18.0 Å². The Kier molecular flexibility index (Phi) is 3.94. The lowest BCUT2D eigenvalue weighted by molar-refractivity contribution is 0.0751. The molecule has 0 unspecified atom stereocenters. The number of carbonyl (C=O) groups is 1. The van der Waals surface area contributed by atoms with Gasteiger partial charge >= 0.3 is 0 Å². The molecule has 0 radical (unpaired) electrons. The Morgan fingerprint density at radius 1 is 1.24 bits per heavy atom. The molecule has 1 saturated heterocycles. The average molecular weight is 305 g/mol. The summed E-state index contributed by atoms with van der Waals surface area (Å²) in [4.78, 5) is 16.6. The van der Waals surface area contributed by atoms with Gasteiger partial charge < -0.3 is 5.73 Å². The monoisotopic (exact) mass is 304 g/mol. The number of nitrogens with zero attached hydrogens (tertiary/aromatic N) is 2. The van der Waals surface area contributed by atoms with Crippen LogP contribution in [0, 0.1) is 0 Å². The predicted octanol–water partition coefficient (Wildman–Crippen LogP) is 2.60. The molecule has 1 amide bonds. The van der Waals surface area contributed by atoms with Crippen molar-refractivity contribution in [1.82, 2.24) is 15.4 Å². The van der Waals surface area contributed by atoms with Crippen LogP contribution in [0.5, 0.6) is 0 Å². The highest BCUT2D eigenvalue weighted by atomic mass is 35.5. The first-order valence-corrected chi connectivity index (χ1v) is 7.43. The van der Waals surface area contributed by atoms with Gasteiger partial charge in [-0.15, -0.1) is 0 Å². The van der Waals surface area contributed by atoms with Crippen molar-refractivity contribution < 1.29 is 4.79 Å². The molecule has 3 rings (SSSR count). The van der Waals surface area contributed by atoms with Gasteiger partial charge in [0.25, 0.3) is 5.91 Å². The van der Waals surface area contributed by atoms with Crippen LogP contribution in [0.4, 0.5) is 5.82 Å². The summed E-state index contributed by atoms with van der Waals surface area (Å²) in [6.07, 6.45) is 3.41. The normalized spacial score (nSPS) is 16.0. The van der Waals surface area contributed by atoms with E-state index in [1.54, 1.807) is 24.3 Å². The number of pyridine rings is 1. The molecule has 5 nitrogen and oxygen atoms in total. The second kappa shape index (κ2) is 5.87. The molecule has 3 N–H and O–H groups in total. The summed E-state index contributed by atoms with van der Waals surface area (Å²) < 4.78 is 0. The van der Waals surface area contributed by atoms with E-state index in [0.29, 0.717) is 10.6 Å². The Balaban J connectivity index is 1.87. The molecular weight excluding hydrogens is 288 g/mol. The number of piperidine rings is 1. The van der Waals surface area contributed by atoms with Crippen LogP contribution in [0.1, 0.15) is 29.6 Å². The highest BCUT2D eigenvalue weighted by Gasteiger charge is 2.17. The third-order valence-corrected chi connectivity index (χ3v) is 3.90. The van der Waals surface area contributed by atoms with Crippen molar-refractivity contribution in [1.29, 1.82) is 0 Å². The number of nitrogens with one attached hydrogen (secondary N) is 1. The van der Waals surface area contributed by atoms with Gasteiger partial charge in [0, 0.05) is 23.5 Å². The minimum absolute atomic E-state index is 0.219. The number of hydrogen-bond acceptors (Lipinski definition) is 4.